The molecule has 4 nitrogen and oxygen atoms in total. The number of carbonyl (C=O) groups excluding carboxylic acids is 4. The molecule has 0 unspecified atom stereocenters. The fourth-order valence-corrected chi connectivity index (χ4v) is 3.93. The van der Waals surface area contributed by atoms with Crippen molar-refractivity contribution in [3.8, 4) is 11.1 Å². The highest BCUT2D eigenvalue weighted by Crippen LogP contribution is 2.21. The van der Waals surface area contributed by atoms with Crippen molar-refractivity contribution in [3.63, 3.8) is 0 Å². The number of benzene rings is 3. The SMILES string of the molecule is CCCCC(=O)c1ccc(-c2ccc(C(=O)CC)cc2)cc1.CCCCC(=O)c1cccc(C(=O)CC)c1. The van der Waals surface area contributed by atoms with Gasteiger partial charge in [-0.1, -0.05) is 107 Å². The van der Waals surface area contributed by atoms with Crippen molar-refractivity contribution in [2.75, 3.05) is 0 Å². The Balaban J connectivity index is 0.000000281. The molecule has 0 aliphatic carbocycles. The Morgan fingerprint density at radius 1 is 0.474 bits per heavy atom. The first-order valence-electron chi connectivity index (χ1n) is 13.8. The van der Waals surface area contributed by atoms with Crippen LogP contribution in [0.2, 0.25) is 0 Å². The summed E-state index contributed by atoms with van der Waals surface area (Å²) in [7, 11) is 0. The van der Waals surface area contributed by atoms with Crippen LogP contribution in [0.15, 0.2) is 72.8 Å². The molecule has 3 aromatic rings. The monoisotopic (exact) mass is 512 g/mol. The number of Topliss-reactive ketones (excluding diaryl/α,β-unsaturated/α-hetero) is 4. The van der Waals surface area contributed by atoms with Gasteiger partial charge in [-0.15, -0.1) is 0 Å². The van der Waals surface area contributed by atoms with E-state index in [1.807, 2.05) is 62.4 Å². The number of carbonyl (C=O) groups is 4. The summed E-state index contributed by atoms with van der Waals surface area (Å²) in [6.07, 6.45) is 6.08. The second-order valence-electron chi connectivity index (χ2n) is 9.34. The van der Waals surface area contributed by atoms with Gasteiger partial charge in [-0.2, -0.15) is 0 Å². The van der Waals surface area contributed by atoms with E-state index in [0.717, 1.165) is 47.9 Å². The predicted octanol–water partition coefficient (Wildman–Crippen LogP) is 8.97. The summed E-state index contributed by atoms with van der Waals surface area (Å²) in [5, 5.41) is 0. The van der Waals surface area contributed by atoms with Crippen LogP contribution < -0.4 is 0 Å². The molecule has 0 aromatic heterocycles. The molecule has 3 aromatic carbocycles. The molecule has 38 heavy (non-hydrogen) atoms. The van der Waals surface area contributed by atoms with E-state index >= 15 is 0 Å². The lowest BCUT2D eigenvalue weighted by atomic mass is 9.99. The maximum Gasteiger partial charge on any atom is 0.162 e. The zero-order valence-electron chi connectivity index (χ0n) is 23.2. The van der Waals surface area contributed by atoms with Crippen LogP contribution in [0.5, 0.6) is 0 Å². The number of ketones is 4. The first-order chi connectivity index (χ1) is 18.3. The van der Waals surface area contributed by atoms with E-state index < -0.39 is 0 Å². The van der Waals surface area contributed by atoms with Crippen LogP contribution in [0.4, 0.5) is 0 Å². The van der Waals surface area contributed by atoms with Crippen molar-refractivity contribution in [1.29, 1.82) is 0 Å². The lowest BCUT2D eigenvalue weighted by molar-refractivity contribution is 0.0970. The van der Waals surface area contributed by atoms with Crippen molar-refractivity contribution in [1.82, 2.24) is 0 Å². The van der Waals surface area contributed by atoms with E-state index in [2.05, 4.69) is 13.8 Å². The van der Waals surface area contributed by atoms with Crippen LogP contribution >= 0.6 is 0 Å². The summed E-state index contributed by atoms with van der Waals surface area (Å²) in [6, 6.07) is 22.4. The molecular formula is C34H40O4. The van der Waals surface area contributed by atoms with Gasteiger partial charge < -0.3 is 0 Å². The third-order valence-electron chi connectivity index (χ3n) is 6.41. The lowest BCUT2D eigenvalue weighted by Gasteiger charge is -2.05. The van der Waals surface area contributed by atoms with Gasteiger partial charge in [0.1, 0.15) is 0 Å². The number of unbranched alkanes of at least 4 members (excludes halogenated alkanes) is 2. The minimum atomic E-state index is 0.0881. The van der Waals surface area contributed by atoms with E-state index in [1.54, 1.807) is 24.3 Å². The van der Waals surface area contributed by atoms with Gasteiger partial charge in [-0.05, 0) is 30.0 Å². The smallest absolute Gasteiger partial charge is 0.162 e. The van der Waals surface area contributed by atoms with Crippen molar-refractivity contribution < 1.29 is 19.2 Å². The highest BCUT2D eigenvalue weighted by atomic mass is 16.1. The van der Waals surface area contributed by atoms with Crippen molar-refractivity contribution in [3.05, 3.63) is 95.1 Å². The molecule has 0 fully saturated rings. The summed E-state index contributed by atoms with van der Waals surface area (Å²) in [6.45, 7) is 7.84. The van der Waals surface area contributed by atoms with Gasteiger partial charge >= 0.3 is 0 Å². The molecule has 4 heteroatoms. The molecule has 0 heterocycles. The van der Waals surface area contributed by atoms with Crippen molar-refractivity contribution >= 4 is 23.1 Å². The number of hydrogen-bond donors (Lipinski definition) is 0. The molecule has 0 bridgehead atoms. The molecule has 0 N–H and O–H groups in total. The van der Waals surface area contributed by atoms with Gasteiger partial charge in [0, 0.05) is 47.9 Å². The normalized spacial score (nSPS) is 10.3. The summed E-state index contributed by atoms with van der Waals surface area (Å²) >= 11 is 0. The molecule has 0 saturated heterocycles. The molecule has 0 saturated carbocycles. The zero-order chi connectivity index (χ0) is 27.9. The van der Waals surface area contributed by atoms with Gasteiger partial charge in [0.15, 0.2) is 23.1 Å². The summed E-state index contributed by atoms with van der Waals surface area (Å²) < 4.78 is 0. The van der Waals surface area contributed by atoms with Crippen LogP contribution in [0.1, 0.15) is 120 Å². The molecule has 0 amide bonds. The van der Waals surface area contributed by atoms with Crippen LogP contribution in [0, 0.1) is 0 Å². The minimum Gasteiger partial charge on any atom is -0.294 e. The van der Waals surface area contributed by atoms with E-state index in [-0.39, 0.29) is 23.1 Å². The molecule has 3 rings (SSSR count). The Morgan fingerprint density at radius 3 is 1.26 bits per heavy atom. The Labute approximate surface area is 227 Å². The fraction of sp³-hybridized carbons (Fsp3) is 0.353. The molecule has 0 atom stereocenters. The van der Waals surface area contributed by atoms with Crippen molar-refractivity contribution in [2.45, 2.75) is 79.1 Å². The maximum absolute atomic E-state index is 12.0. The second kappa shape index (κ2) is 16.2. The van der Waals surface area contributed by atoms with E-state index in [1.165, 1.54) is 0 Å². The molecule has 0 spiro atoms. The van der Waals surface area contributed by atoms with Gasteiger partial charge in [0.25, 0.3) is 0 Å². The number of hydrogen-bond acceptors (Lipinski definition) is 4. The Morgan fingerprint density at radius 2 is 0.842 bits per heavy atom. The van der Waals surface area contributed by atoms with E-state index in [4.69, 9.17) is 0 Å². The van der Waals surface area contributed by atoms with Crippen LogP contribution in [0.3, 0.4) is 0 Å². The third kappa shape index (κ3) is 9.33. The predicted molar refractivity (Wildman–Crippen MR) is 155 cm³/mol. The summed E-state index contributed by atoms with van der Waals surface area (Å²) in [5.41, 5.74) is 4.94. The average molecular weight is 513 g/mol. The fourth-order valence-electron chi connectivity index (χ4n) is 3.93. The average Bonchev–Trinajstić information content (AvgIpc) is 2.98. The van der Waals surface area contributed by atoms with Gasteiger partial charge in [-0.25, -0.2) is 0 Å². The van der Waals surface area contributed by atoms with Gasteiger partial charge in [0.2, 0.25) is 0 Å². The molecule has 200 valence electrons. The molecule has 0 aliphatic heterocycles. The van der Waals surface area contributed by atoms with Crippen LogP contribution in [-0.4, -0.2) is 23.1 Å². The topological polar surface area (TPSA) is 68.3 Å². The molecular weight excluding hydrogens is 472 g/mol. The number of rotatable bonds is 13. The van der Waals surface area contributed by atoms with Gasteiger partial charge in [-0.3, -0.25) is 19.2 Å². The lowest BCUT2D eigenvalue weighted by Crippen LogP contribution is -2.02. The first kappa shape index (κ1) is 30.6. The van der Waals surface area contributed by atoms with Gasteiger partial charge in [0.05, 0.1) is 0 Å². The summed E-state index contributed by atoms with van der Waals surface area (Å²) in [5.74, 6) is 0.582. The Bertz CT molecular complexity index is 1200. The standard InChI is InChI=1S/C20H22O2.C14H18O2/c1-3-5-6-20(22)18-13-9-16(10-14-18)15-7-11-17(12-8-15)19(21)4-2;1-3-5-9-14(16)12-8-6-7-11(10-12)13(15)4-2/h7-14H,3-6H2,1-2H3;6-8,10H,3-5,9H2,1-2H3. The highest BCUT2D eigenvalue weighted by molar-refractivity contribution is 6.01. The Hall–Kier alpha value is -3.66. The Kier molecular flexibility index (Phi) is 13.1. The molecule has 0 radical (unpaired) electrons. The van der Waals surface area contributed by atoms with E-state index in [9.17, 15) is 19.2 Å². The summed E-state index contributed by atoms with van der Waals surface area (Å²) in [4.78, 5) is 46.8. The second-order valence-corrected chi connectivity index (χ2v) is 9.34. The maximum atomic E-state index is 12.0. The first-order valence-corrected chi connectivity index (χ1v) is 13.8. The highest BCUT2D eigenvalue weighted by Gasteiger charge is 2.09. The zero-order valence-corrected chi connectivity index (χ0v) is 23.2. The largest absolute Gasteiger partial charge is 0.294 e. The van der Waals surface area contributed by atoms with E-state index in [0.29, 0.717) is 36.8 Å². The third-order valence-corrected chi connectivity index (χ3v) is 6.41. The van der Waals surface area contributed by atoms with Crippen molar-refractivity contribution in [2.24, 2.45) is 0 Å². The quantitative estimate of drug-likeness (QED) is 0.214. The van der Waals surface area contributed by atoms with Crippen LogP contribution in [0.25, 0.3) is 11.1 Å². The minimum absolute atomic E-state index is 0.0881. The molecule has 0 aliphatic rings. The van der Waals surface area contributed by atoms with Crippen LogP contribution in [-0.2, 0) is 0 Å².